The Morgan fingerprint density at radius 3 is 2.27 bits per heavy atom. The fourth-order valence-corrected chi connectivity index (χ4v) is 12.7. The first-order valence-electron chi connectivity index (χ1n) is 20.1. The molecule has 0 bridgehead atoms. The lowest BCUT2D eigenvalue weighted by Gasteiger charge is -2.67. The number of nitrogens with one attached hydrogen (secondary N) is 1. The number of Topliss-reactive ketones (excluding diaryl/α,β-unsaturated/α-hetero) is 1. The highest BCUT2D eigenvalue weighted by atomic mass is 16.5. The second-order valence-corrected chi connectivity index (χ2v) is 18.8. The molecule has 4 fully saturated rings. The van der Waals surface area contributed by atoms with Gasteiger partial charge in [0.1, 0.15) is 12.2 Å². The molecule has 10 atom stereocenters. The summed E-state index contributed by atoms with van der Waals surface area (Å²) < 4.78 is 12.3. The van der Waals surface area contributed by atoms with Crippen LogP contribution in [0.1, 0.15) is 125 Å². The van der Waals surface area contributed by atoms with Crippen molar-refractivity contribution in [2.24, 2.45) is 57.2 Å². The lowest BCUT2D eigenvalue weighted by Crippen LogP contribution is -2.61. The molecule has 1 aromatic carbocycles. The summed E-state index contributed by atoms with van der Waals surface area (Å²) in [5.74, 6) is 0.534. The molecular formula is C44H63NO7. The summed E-state index contributed by atoms with van der Waals surface area (Å²) in [5.41, 5.74) is 2.07. The van der Waals surface area contributed by atoms with Gasteiger partial charge in [0, 0.05) is 31.8 Å². The van der Waals surface area contributed by atoms with Gasteiger partial charge in [-0.1, -0.05) is 65.0 Å². The number of ketones is 1. The average Bonchev–Trinajstić information content (AvgIpc) is 3.39. The standard InChI is InChI=1S/C44H63NO7/c1-26(2)38-33(47)22-44(36(51-28(4)46)25-45-24-29-12-10-9-11-13-29)21-17-32-30(39(38)44)14-15-35-42(7)20-18-34(27(3)31(42)16-19-43(32,35)8)52-37(48)23-41(5,6)40(49)50/h9-13,26-27,30-32,34-36,45H,14-25H2,1-8H3,(H,49,50). The lowest BCUT2D eigenvalue weighted by molar-refractivity contribution is -0.194. The molecule has 286 valence electrons. The molecule has 0 heterocycles. The minimum absolute atomic E-state index is 0.108. The van der Waals surface area contributed by atoms with Crippen LogP contribution in [0.25, 0.3) is 0 Å². The molecule has 6 rings (SSSR count). The zero-order valence-electron chi connectivity index (χ0n) is 32.9. The van der Waals surface area contributed by atoms with E-state index < -0.39 is 28.9 Å². The van der Waals surface area contributed by atoms with Crippen LogP contribution in [0.4, 0.5) is 0 Å². The monoisotopic (exact) mass is 717 g/mol. The van der Waals surface area contributed by atoms with E-state index in [-0.39, 0.29) is 46.9 Å². The van der Waals surface area contributed by atoms with E-state index in [1.165, 1.54) is 18.1 Å². The van der Waals surface area contributed by atoms with Crippen molar-refractivity contribution in [2.45, 2.75) is 138 Å². The summed E-state index contributed by atoms with van der Waals surface area (Å²) >= 11 is 0. The van der Waals surface area contributed by atoms with Crippen LogP contribution < -0.4 is 5.32 Å². The Bertz CT molecular complexity index is 1580. The first kappa shape index (κ1) is 38.7. The minimum Gasteiger partial charge on any atom is -0.481 e. The fraction of sp³-hybridized carbons (Fsp3) is 0.727. The van der Waals surface area contributed by atoms with Crippen molar-refractivity contribution >= 4 is 23.7 Å². The number of benzene rings is 1. The molecule has 2 N–H and O–H groups in total. The van der Waals surface area contributed by atoms with Crippen LogP contribution >= 0.6 is 0 Å². The van der Waals surface area contributed by atoms with Crippen molar-refractivity contribution in [3.8, 4) is 0 Å². The van der Waals surface area contributed by atoms with Crippen LogP contribution in [-0.2, 0) is 35.2 Å². The number of allylic oxidation sites excluding steroid dienone is 1. The number of fused-ring (bicyclic) bond motifs is 7. The molecule has 0 spiro atoms. The number of hydrogen-bond donors (Lipinski definition) is 2. The van der Waals surface area contributed by atoms with Gasteiger partial charge in [0.05, 0.1) is 11.8 Å². The Labute approximate surface area is 311 Å². The molecular weight excluding hydrogens is 654 g/mol. The Balaban J connectivity index is 1.25. The number of carbonyl (C=O) groups is 4. The molecule has 8 nitrogen and oxygen atoms in total. The summed E-state index contributed by atoms with van der Waals surface area (Å²) in [5, 5.41) is 13.2. The van der Waals surface area contributed by atoms with Gasteiger partial charge in [0.15, 0.2) is 5.78 Å². The van der Waals surface area contributed by atoms with E-state index in [1.807, 2.05) is 18.2 Å². The third-order valence-electron chi connectivity index (χ3n) is 15.0. The second kappa shape index (κ2) is 14.3. The number of aliphatic carboxylic acids is 1. The molecule has 5 aliphatic carbocycles. The molecule has 10 unspecified atom stereocenters. The third-order valence-corrected chi connectivity index (χ3v) is 15.0. The van der Waals surface area contributed by atoms with Crippen molar-refractivity contribution in [1.82, 2.24) is 5.32 Å². The Hall–Kier alpha value is -3.00. The largest absolute Gasteiger partial charge is 0.481 e. The summed E-state index contributed by atoms with van der Waals surface area (Å²) in [6.45, 7) is 17.4. The highest BCUT2D eigenvalue weighted by molar-refractivity contribution is 6.00. The number of carboxylic acid groups (broad SMARTS) is 1. The second-order valence-electron chi connectivity index (χ2n) is 18.8. The molecule has 5 aliphatic rings. The molecule has 0 aromatic heterocycles. The summed E-state index contributed by atoms with van der Waals surface area (Å²) in [4.78, 5) is 51.4. The van der Waals surface area contributed by atoms with Gasteiger partial charge in [-0.05, 0) is 128 Å². The van der Waals surface area contributed by atoms with E-state index in [2.05, 4.69) is 52.1 Å². The highest BCUT2D eigenvalue weighted by Gasteiger charge is 2.66. The molecule has 0 saturated heterocycles. The number of carbonyl (C=O) groups excluding carboxylic acids is 3. The predicted molar refractivity (Wildman–Crippen MR) is 200 cm³/mol. The smallest absolute Gasteiger partial charge is 0.309 e. The maximum Gasteiger partial charge on any atom is 0.309 e. The quantitative estimate of drug-likeness (QED) is 0.220. The maximum absolute atomic E-state index is 14.1. The Morgan fingerprint density at radius 2 is 1.62 bits per heavy atom. The third kappa shape index (κ3) is 6.68. The number of carboxylic acids is 1. The van der Waals surface area contributed by atoms with E-state index in [1.54, 1.807) is 13.8 Å². The number of hydrogen-bond acceptors (Lipinski definition) is 7. The normalized spacial score (nSPS) is 36.3. The van der Waals surface area contributed by atoms with Gasteiger partial charge in [0.25, 0.3) is 0 Å². The van der Waals surface area contributed by atoms with Gasteiger partial charge in [-0.3, -0.25) is 19.2 Å². The van der Waals surface area contributed by atoms with E-state index in [9.17, 15) is 24.3 Å². The molecule has 1 aromatic rings. The van der Waals surface area contributed by atoms with Crippen LogP contribution in [0.5, 0.6) is 0 Å². The number of rotatable bonds is 11. The topological polar surface area (TPSA) is 119 Å². The van der Waals surface area contributed by atoms with Crippen LogP contribution in [0.15, 0.2) is 41.5 Å². The number of esters is 2. The van der Waals surface area contributed by atoms with Crippen LogP contribution in [0.3, 0.4) is 0 Å². The Morgan fingerprint density at radius 1 is 0.962 bits per heavy atom. The number of ether oxygens (including phenoxy) is 2. The van der Waals surface area contributed by atoms with Crippen molar-refractivity contribution in [3.63, 3.8) is 0 Å². The molecule has 0 aliphatic heterocycles. The molecule has 52 heavy (non-hydrogen) atoms. The molecule has 8 heteroatoms. The van der Waals surface area contributed by atoms with E-state index >= 15 is 0 Å². The van der Waals surface area contributed by atoms with Gasteiger partial charge >= 0.3 is 17.9 Å². The molecule has 0 amide bonds. The van der Waals surface area contributed by atoms with Crippen molar-refractivity contribution < 1.29 is 33.8 Å². The summed E-state index contributed by atoms with van der Waals surface area (Å²) in [7, 11) is 0. The van der Waals surface area contributed by atoms with E-state index in [0.29, 0.717) is 43.2 Å². The van der Waals surface area contributed by atoms with Crippen LogP contribution in [0.2, 0.25) is 0 Å². The minimum atomic E-state index is -1.15. The first-order valence-corrected chi connectivity index (χ1v) is 20.1. The van der Waals surface area contributed by atoms with Crippen molar-refractivity contribution in [1.29, 1.82) is 0 Å². The van der Waals surface area contributed by atoms with Crippen molar-refractivity contribution in [3.05, 3.63) is 47.0 Å². The molecule has 0 radical (unpaired) electrons. The summed E-state index contributed by atoms with van der Waals surface area (Å²) in [6.07, 6.45) is 7.65. The maximum atomic E-state index is 14.1. The van der Waals surface area contributed by atoms with E-state index in [4.69, 9.17) is 9.47 Å². The van der Waals surface area contributed by atoms with Crippen LogP contribution in [0, 0.1) is 57.2 Å². The van der Waals surface area contributed by atoms with E-state index in [0.717, 1.165) is 56.9 Å². The van der Waals surface area contributed by atoms with Gasteiger partial charge in [0.2, 0.25) is 0 Å². The zero-order chi connectivity index (χ0) is 37.8. The SMILES string of the molecule is CC(=O)OC(CNCc1ccccc1)C12CCC3C(CCC4C3(C)CCC3C(C)C(OC(=O)CC(C)(C)C(=O)O)CCC34C)C1=C(C(C)C)C(=O)C2. The zero-order valence-corrected chi connectivity index (χ0v) is 32.9. The van der Waals surface area contributed by atoms with Gasteiger partial charge in [-0.2, -0.15) is 0 Å². The summed E-state index contributed by atoms with van der Waals surface area (Å²) in [6, 6.07) is 10.3. The van der Waals surface area contributed by atoms with Gasteiger partial charge in [-0.25, -0.2) is 0 Å². The first-order chi connectivity index (χ1) is 24.4. The van der Waals surface area contributed by atoms with Gasteiger partial charge in [-0.15, -0.1) is 0 Å². The van der Waals surface area contributed by atoms with Gasteiger partial charge < -0.3 is 19.9 Å². The highest BCUT2D eigenvalue weighted by Crippen LogP contribution is 2.72. The van der Waals surface area contributed by atoms with Crippen molar-refractivity contribution in [2.75, 3.05) is 6.54 Å². The lowest BCUT2D eigenvalue weighted by atomic mass is 9.38. The fourth-order valence-electron chi connectivity index (χ4n) is 12.7. The predicted octanol–water partition coefficient (Wildman–Crippen LogP) is 8.32. The molecule has 4 saturated carbocycles. The van der Waals surface area contributed by atoms with Crippen LogP contribution in [-0.4, -0.2) is 47.6 Å². The Kier molecular flexibility index (Phi) is 10.7. The average molecular weight is 718 g/mol.